The number of methoxy groups -OCH3 is 3. The van der Waals surface area contributed by atoms with Crippen LogP contribution in [0.4, 0.5) is 5.00 Å². The zero-order chi connectivity index (χ0) is 18.3. The highest BCUT2D eigenvalue weighted by molar-refractivity contribution is 7.16. The van der Waals surface area contributed by atoms with E-state index >= 15 is 0 Å². The minimum absolute atomic E-state index is 0.0190. The van der Waals surface area contributed by atoms with Gasteiger partial charge in [-0.1, -0.05) is 0 Å². The third-order valence-electron chi connectivity index (χ3n) is 5.29. The number of ether oxygens (including phenoxy) is 3. The van der Waals surface area contributed by atoms with E-state index in [1.807, 2.05) is 12.1 Å². The Bertz CT molecular complexity index is 833. The molecule has 2 aliphatic rings. The fourth-order valence-electron chi connectivity index (χ4n) is 4.10. The van der Waals surface area contributed by atoms with Crippen molar-refractivity contribution in [2.45, 2.75) is 38.0 Å². The summed E-state index contributed by atoms with van der Waals surface area (Å²) in [5, 5.41) is 4.11. The van der Waals surface area contributed by atoms with Gasteiger partial charge in [0, 0.05) is 17.2 Å². The summed E-state index contributed by atoms with van der Waals surface area (Å²) in [4.78, 5) is 13.8. The van der Waals surface area contributed by atoms with Crippen LogP contribution in [-0.2, 0) is 17.6 Å². The molecular weight excluding hydrogens is 350 g/mol. The molecule has 1 N–H and O–H groups in total. The zero-order valence-electron chi connectivity index (χ0n) is 15.3. The van der Waals surface area contributed by atoms with Crippen molar-refractivity contribution in [1.82, 2.24) is 0 Å². The minimum atomic E-state index is 0.0190. The summed E-state index contributed by atoms with van der Waals surface area (Å²) in [6, 6.07) is 3.95. The van der Waals surface area contributed by atoms with E-state index in [4.69, 9.17) is 14.2 Å². The lowest BCUT2D eigenvalue weighted by Gasteiger charge is -2.26. The second-order valence-electron chi connectivity index (χ2n) is 6.72. The van der Waals surface area contributed by atoms with Crippen molar-refractivity contribution in [3.63, 3.8) is 0 Å². The molecule has 1 aromatic heterocycles. The molecule has 1 aliphatic carbocycles. The number of rotatable bonds is 4. The number of hydrogen-bond acceptors (Lipinski definition) is 5. The number of carbonyl (C=O) groups is 1. The van der Waals surface area contributed by atoms with Gasteiger partial charge in [-0.2, -0.15) is 0 Å². The molecule has 2 heterocycles. The van der Waals surface area contributed by atoms with Gasteiger partial charge in [0.05, 0.1) is 26.3 Å². The van der Waals surface area contributed by atoms with Gasteiger partial charge < -0.3 is 19.5 Å². The number of benzene rings is 1. The van der Waals surface area contributed by atoms with Crippen LogP contribution >= 0.6 is 11.3 Å². The number of carbonyl (C=O) groups excluding carboxylic acids is 1. The molecule has 5 nitrogen and oxygen atoms in total. The molecule has 6 heteroatoms. The van der Waals surface area contributed by atoms with E-state index < -0.39 is 0 Å². The third kappa shape index (κ3) is 2.72. The molecule has 26 heavy (non-hydrogen) atoms. The molecule has 1 atom stereocenters. The Morgan fingerprint density at radius 1 is 1.04 bits per heavy atom. The van der Waals surface area contributed by atoms with E-state index in [9.17, 15) is 4.79 Å². The Labute approximate surface area is 157 Å². The van der Waals surface area contributed by atoms with Gasteiger partial charge >= 0.3 is 0 Å². The Hall–Kier alpha value is -2.21. The number of hydrogen-bond donors (Lipinski definition) is 1. The fraction of sp³-hybridized carbons (Fsp3) is 0.450. The molecule has 0 saturated carbocycles. The Kier molecular flexibility index (Phi) is 4.53. The molecule has 1 aliphatic heterocycles. The van der Waals surface area contributed by atoms with E-state index in [0.29, 0.717) is 23.7 Å². The predicted octanol–water partition coefficient (Wildman–Crippen LogP) is 4.13. The molecule has 0 unspecified atom stereocenters. The third-order valence-corrected chi connectivity index (χ3v) is 6.52. The molecule has 1 aromatic carbocycles. The van der Waals surface area contributed by atoms with E-state index in [1.54, 1.807) is 32.7 Å². The maximum Gasteiger partial charge on any atom is 0.225 e. The van der Waals surface area contributed by atoms with Gasteiger partial charge in [0.15, 0.2) is 11.5 Å². The van der Waals surface area contributed by atoms with Crippen LogP contribution in [0.1, 0.15) is 46.7 Å². The molecular formula is C20H23NO4S. The van der Waals surface area contributed by atoms with Crippen molar-refractivity contribution < 1.29 is 19.0 Å². The van der Waals surface area contributed by atoms with Crippen molar-refractivity contribution in [3.05, 3.63) is 33.7 Å². The molecule has 2 aromatic rings. The van der Waals surface area contributed by atoms with Gasteiger partial charge in [-0.15, -0.1) is 11.3 Å². The number of anilines is 1. The van der Waals surface area contributed by atoms with Gasteiger partial charge in [-0.25, -0.2) is 0 Å². The Morgan fingerprint density at radius 3 is 2.38 bits per heavy atom. The highest BCUT2D eigenvalue weighted by Gasteiger charge is 2.34. The molecule has 138 valence electrons. The second-order valence-corrected chi connectivity index (χ2v) is 7.82. The first-order valence-corrected chi connectivity index (χ1v) is 9.72. The van der Waals surface area contributed by atoms with Crippen LogP contribution < -0.4 is 19.5 Å². The highest BCUT2D eigenvalue weighted by Crippen LogP contribution is 2.50. The van der Waals surface area contributed by atoms with Crippen LogP contribution in [0.25, 0.3) is 0 Å². The van der Waals surface area contributed by atoms with Crippen LogP contribution in [0.2, 0.25) is 0 Å². The molecule has 0 saturated heterocycles. The van der Waals surface area contributed by atoms with Crippen molar-refractivity contribution in [1.29, 1.82) is 0 Å². The normalized spacial score (nSPS) is 18.6. The summed E-state index contributed by atoms with van der Waals surface area (Å²) in [7, 11) is 4.83. The average Bonchev–Trinajstić information content (AvgIpc) is 3.04. The monoisotopic (exact) mass is 373 g/mol. The first kappa shape index (κ1) is 17.2. The van der Waals surface area contributed by atoms with E-state index in [2.05, 4.69) is 5.32 Å². The lowest BCUT2D eigenvalue weighted by atomic mass is 9.81. The zero-order valence-corrected chi connectivity index (χ0v) is 16.1. The Morgan fingerprint density at radius 2 is 1.73 bits per heavy atom. The molecule has 4 rings (SSSR count). The summed E-state index contributed by atoms with van der Waals surface area (Å²) in [6.07, 6.45) is 5.10. The summed E-state index contributed by atoms with van der Waals surface area (Å²) < 4.78 is 16.5. The molecule has 0 bridgehead atoms. The number of amides is 1. The average molecular weight is 373 g/mol. The van der Waals surface area contributed by atoms with Gasteiger partial charge in [-0.05, 0) is 54.5 Å². The van der Waals surface area contributed by atoms with Gasteiger partial charge in [0.2, 0.25) is 11.7 Å². The lowest BCUT2D eigenvalue weighted by Crippen LogP contribution is -2.23. The van der Waals surface area contributed by atoms with Crippen molar-refractivity contribution in [2.24, 2.45) is 0 Å². The van der Waals surface area contributed by atoms with E-state index in [1.165, 1.54) is 28.8 Å². The quantitative estimate of drug-likeness (QED) is 0.876. The summed E-state index contributed by atoms with van der Waals surface area (Å²) in [5.74, 6) is 1.91. The van der Waals surface area contributed by atoms with Gasteiger partial charge in [0.25, 0.3) is 0 Å². The SMILES string of the molecule is COc1cc([C@@H]2CC(=O)Nc3sc4c(c32)CCCC4)cc(OC)c1OC. The van der Waals surface area contributed by atoms with Crippen LogP contribution in [0.5, 0.6) is 17.2 Å². The first-order chi connectivity index (χ1) is 12.7. The lowest BCUT2D eigenvalue weighted by molar-refractivity contribution is -0.116. The van der Waals surface area contributed by atoms with Crippen LogP contribution in [0, 0.1) is 0 Å². The standard InChI is InChI=1S/C20H23NO4S/c1-23-14-8-11(9-15(24-2)19(14)25-3)13-10-17(22)21-20-18(13)12-6-4-5-7-16(12)26-20/h8-9,13H,4-7,10H2,1-3H3,(H,21,22)/t13-/m0/s1. The second kappa shape index (κ2) is 6.83. The van der Waals surface area contributed by atoms with Crippen LogP contribution in [0.15, 0.2) is 12.1 Å². The van der Waals surface area contributed by atoms with Crippen LogP contribution in [-0.4, -0.2) is 27.2 Å². The largest absolute Gasteiger partial charge is 0.493 e. The smallest absolute Gasteiger partial charge is 0.225 e. The first-order valence-electron chi connectivity index (χ1n) is 8.90. The Balaban J connectivity index is 1.87. The van der Waals surface area contributed by atoms with E-state index in [0.717, 1.165) is 23.4 Å². The number of aryl methyl sites for hydroxylation is 1. The topological polar surface area (TPSA) is 56.8 Å². The van der Waals surface area contributed by atoms with Crippen molar-refractivity contribution >= 4 is 22.2 Å². The minimum Gasteiger partial charge on any atom is -0.493 e. The number of nitrogens with one attached hydrogen (secondary N) is 1. The maximum absolute atomic E-state index is 12.4. The summed E-state index contributed by atoms with van der Waals surface area (Å²) >= 11 is 1.75. The van der Waals surface area contributed by atoms with E-state index in [-0.39, 0.29) is 11.8 Å². The molecule has 0 radical (unpaired) electrons. The molecule has 1 amide bonds. The summed E-state index contributed by atoms with van der Waals surface area (Å²) in [5.41, 5.74) is 3.76. The summed E-state index contributed by atoms with van der Waals surface area (Å²) in [6.45, 7) is 0. The maximum atomic E-state index is 12.4. The predicted molar refractivity (Wildman–Crippen MR) is 102 cm³/mol. The van der Waals surface area contributed by atoms with Crippen molar-refractivity contribution in [2.75, 3.05) is 26.6 Å². The molecule has 0 spiro atoms. The molecule has 0 fully saturated rings. The number of fused-ring (bicyclic) bond motifs is 3. The van der Waals surface area contributed by atoms with Gasteiger partial charge in [0.1, 0.15) is 0 Å². The highest BCUT2D eigenvalue weighted by atomic mass is 32.1. The van der Waals surface area contributed by atoms with Gasteiger partial charge in [-0.3, -0.25) is 4.79 Å². The van der Waals surface area contributed by atoms with Crippen LogP contribution in [0.3, 0.4) is 0 Å². The van der Waals surface area contributed by atoms with Crippen molar-refractivity contribution in [3.8, 4) is 17.2 Å². The number of thiophene rings is 1. The fourth-order valence-corrected chi connectivity index (χ4v) is 5.47.